The first-order valence-corrected chi connectivity index (χ1v) is 7.59. The monoisotopic (exact) mass is 317 g/mol. The molecule has 0 saturated carbocycles. The number of fused-ring (bicyclic) bond motifs is 2. The number of ether oxygens (including phenoxy) is 1. The van der Waals surface area contributed by atoms with E-state index in [1.807, 2.05) is 37.3 Å². The Morgan fingerprint density at radius 1 is 1.17 bits per heavy atom. The van der Waals surface area contributed by atoms with Gasteiger partial charge in [0.25, 0.3) is 0 Å². The Balaban J connectivity index is 1.96. The lowest BCUT2D eigenvalue weighted by atomic mass is 10.0. The van der Waals surface area contributed by atoms with Gasteiger partial charge in [0.15, 0.2) is 0 Å². The van der Waals surface area contributed by atoms with Gasteiger partial charge in [-0.3, -0.25) is 4.98 Å². The summed E-state index contributed by atoms with van der Waals surface area (Å²) in [6.45, 7) is 2.04. The molecule has 0 saturated heterocycles. The van der Waals surface area contributed by atoms with E-state index in [2.05, 4.69) is 21.0 Å². The van der Waals surface area contributed by atoms with Crippen molar-refractivity contribution in [3.63, 3.8) is 0 Å². The van der Waals surface area contributed by atoms with Crippen molar-refractivity contribution in [2.24, 2.45) is 0 Å². The molecule has 0 fully saturated rings. The molecule has 0 aliphatic rings. The van der Waals surface area contributed by atoms with Gasteiger partial charge in [-0.15, -0.1) is 0 Å². The summed E-state index contributed by atoms with van der Waals surface area (Å²) in [7, 11) is 1.37. The highest BCUT2D eigenvalue weighted by Gasteiger charge is 2.15. The van der Waals surface area contributed by atoms with Gasteiger partial charge in [-0.2, -0.15) is 0 Å². The molecular weight excluding hydrogens is 302 g/mol. The van der Waals surface area contributed by atoms with Crippen molar-refractivity contribution in [3.05, 3.63) is 59.8 Å². The van der Waals surface area contributed by atoms with Crippen LogP contribution in [0.15, 0.2) is 48.7 Å². The molecule has 4 aromatic rings. The Labute approximate surface area is 138 Å². The number of nitrogens with zero attached hydrogens (tertiary/aromatic N) is 2. The summed E-state index contributed by atoms with van der Waals surface area (Å²) < 4.78 is 4.90. The summed E-state index contributed by atoms with van der Waals surface area (Å²) in [6, 6.07) is 13.6. The van der Waals surface area contributed by atoms with E-state index in [-0.39, 0.29) is 0 Å². The van der Waals surface area contributed by atoms with Gasteiger partial charge in [0.2, 0.25) is 0 Å². The number of carbonyl (C=O) groups excluding carboxylic acids is 1. The number of rotatable bonds is 2. The van der Waals surface area contributed by atoms with Crippen molar-refractivity contribution in [3.8, 4) is 11.4 Å². The molecule has 5 nitrogen and oxygen atoms in total. The van der Waals surface area contributed by atoms with Crippen LogP contribution >= 0.6 is 0 Å². The molecule has 2 aromatic carbocycles. The van der Waals surface area contributed by atoms with Gasteiger partial charge in [0, 0.05) is 17.1 Å². The molecule has 0 amide bonds. The van der Waals surface area contributed by atoms with Gasteiger partial charge >= 0.3 is 5.97 Å². The SMILES string of the molecule is COC(=O)c1cc(-c2nc3ccc(C)cc3[nH]2)cc2cccnc12. The molecule has 0 unspecified atom stereocenters. The molecule has 0 bridgehead atoms. The van der Waals surface area contributed by atoms with E-state index in [0.29, 0.717) is 16.9 Å². The summed E-state index contributed by atoms with van der Waals surface area (Å²) in [4.78, 5) is 24.4. The fraction of sp³-hybridized carbons (Fsp3) is 0.105. The van der Waals surface area contributed by atoms with Crippen molar-refractivity contribution >= 4 is 27.9 Å². The second-order valence-electron chi connectivity index (χ2n) is 5.70. The zero-order valence-electron chi connectivity index (χ0n) is 13.3. The van der Waals surface area contributed by atoms with E-state index in [1.165, 1.54) is 7.11 Å². The van der Waals surface area contributed by atoms with Crippen LogP contribution in [-0.2, 0) is 4.74 Å². The molecular formula is C19H15N3O2. The molecule has 0 spiro atoms. The molecule has 4 rings (SSSR count). The maximum Gasteiger partial charge on any atom is 0.340 e. The van der Waals surface area contributed by atoms with E-state index in [9.17, 15) is 4.79 Å². The summed E-state index contributed by atoms with van der Waals surface area (Å²) >= 11 is 0. The number of esters is 1. The Kier molecular flexibility index (Phi) is 3.27. The third-order valence-corrected chi connectivity index (χ3v) is 4.02. The Morgan fingerprint density at radius 3 is 2.88 bits per heavy atom. The average molecular weight is 317 g/mol. The predicted molar refractivity (Wildman–Crippen MR) is 92.9 cm³/mol. The molecule has 118 valence electrons. The van der Waals surface area contributed by atoms with Gasteiger partial charge in [-0.25, -0.2) is 9.78 Å². The number of hydrogen-bond acceptors (Lipinski definition) is 4. The maximum atomic E-state index is 12.1. The largest absolute Gasteiger partial charge is 0.465 e. The van der Waals surface area contributed by atoms with Gasteiger partial charge < -0.3 is 9.72 Å². The van der Waals surface area contributed by atoms with Gasteiger partial charge in [-0.1, -0.05) is 12.1 Å². The molecule has 1 N–H and O–H groups in total. The molecule has 0 aliphatic heterocycles. The quantitative estimate of drug-likeness (QED) is 0.570. The lowest BCUT2D eigenvalue weighted by molar-refractivity contribution is 0.0603. The molecule has 0 atom stereocenters. The normalized spacial score (nSPS) is 11.1. The van der Waals surface area contributed by atoms with Gasteiger partial charge in [-0.05, 0) is 42.8 Å². The van der Waals surface area contributed by atoms with Crippen molar-refractivity contribution in [1.82, 2.24) is 15.0 Å². The van der Waals surface area contributed by atoms with Crippen LogP contribution < -0.4 is 0 Å². The fourth-order valence-electron chi connectivity index (χ4n) is 2.85. The van der Waals surface area contributed by atoms with Crippen molar-refractivity contribution < 1.29 is 9.53 Å². The zero-order valence-corrected chi connectivity index (χ0v) is 13.3. The number of aromatic nitrogens is 3. The molecule has 2 aromatic heterocycles. The number of carbonyl (C=O) groups is 1. The Morgan fingerprint density at radius 2 is 2.04 bits per heavy atom. The Bertz CT molecular complexity index is 1080. The van der Waals surface area contributed by atoms with Crippen LogP contribution in [0.2, 0.25) is 0 Å². The first-order valence-electron chi connectivity index (χ1n) is 7.59. The Hall–Kier alpha value is -3.21. The minimum absolute atomic E-state index is 0.410. The van der Waals surface area contributed by atoms with E-state index >= 15 is 0 Å². The van der Waals surface area contributed by atoms with Crippen LogP contribution in [0.5, 0.6) is 0 Å². The first-order chi connectivity index (χ1) is 11.7. The predicted octanol–water partition coefficient (Wildman–Crippen LogP) is 3.87. The summed E-state index contributed by atoms with van der Waals surface area (Å²) in [5.41, 5.74) is 4.90. The number of benzene rings is 2. The number of imidazole rings is 1. The van der Waals surface area contributed by atoms with Crippen LogP contribution in [-0.4, -0.2) is 28.0 Å². The molecule has 0 radical (unpaired) electrons. The van der Waals surface area contributed by atoms with Crippen LogP contribution in [0.4, 0.5) is 0 Å². The van der Waals surface area contributed by atoms with Crippen molar-refractivity contribution in [1.29, 1.82) is 0 Å². The first kappa shape index (κ1) is 14.4. The number of aromatic amines is 1. The average Bonchev–Trinajstić information content (AvgIpc) is 3.03. The molecule has 24 heavy (non-hydrogen) atoms. The smallest absolute Gasteiger partial charge is 0.340 e. The summed E-state index contributed by atoms with van der Waals surface area (Å²) in [5, 5.41) is 0.868. The third kappa shape index (κ3) is 2.31. The van der Waals surface area contributed by atoms with Crippen LogP contribution in [0, 0.1) is 6.92 Å². The van der Waals surface area contributed by atoms with Crippen LogP contribution in [0.3, 0.4) is 0 Å². The summed E-state index contributed by atoms with van der Waals surface area (Å²) in [5.74, 6) is 0.305. The minimum Gasteiger partial charge on any atom is -0.465 e. The molecule has 5 heteroatoms. The number of methoxy groups -OCH3 is 1. The highest BCUT2D eigenvalue weighted by atomic mass is 16.5. The second-order valence-corrected chi connectivity index (χ2v) is 5.70. The number of aryl methyl sites for hydroxylation is 1. The minimum atomic E-state index is -0.410. The fourth-order valence-corrected chi connectivity index (χ4v) is 2.85. The van der Waals surface area contributed by atoms with E-state index in [1.54, 1.807) is 12.3 Å². The van der Waals surface area contributed by atoms with E-state index < -0.39 is 5.97 Å². The highest BCUT2D eigenvalue weighted by Crippen LogP contribution is 2.27. The van der Waals surface area contributed by atoms with E-state index in [4.69, 9.17) is 4.74 Å². The van der Waals surface area contributed by atoms with Gasteiger partial charge in [0.1, 0.15) is 5.82 Å². The topological polar surface area (TPSA) is 67.9 Å². The third-order valence-electron chi connectivity index (χ3n) is 4.02. The number of hydrogen-bond donors (Lipinski definition) is 1. The lowest BCUT2D eigenvalue weighted by Gasteiger charge is -2.06. The van der Waals surface area contributed by atoms with Crippen LogP contribution in [0.1, 0.15) is 15.9 Å². The standard InChI is InChI=1S/C19H15N3O2/c1-11-5-6-15-16(8-11)22-18(21-15)13-9-12-4-3-7-20-17(12)14(10-13)19(23)24-2/h3-10H,1-2H3,(H,21,22). The van der Waals surface area contributed by atoms with Gasteiger partial charge in [0.05, 0.1) is 29.2 Å². The second kappa shape index (κ2) is 5.45. The van der Waals surface area contributed by atoms with Crippen molar-refractivity contribution in [2.75, 3.05) is 7.11 Å². The lowest BCUT2D eigenvalue weighted by Crippen LogP contribution is -2.03. The summed E-state index contributed by atoms with van der Waals surface area (Å²) in [6.07, 6.45) is 1.67. The molecule has 0 aliphatic carbocycles. The number of pyridine rings is 1. The molecule has 2 heterocycles. The maximum absolute atomic E-state index is 12.1. The van der Waals surface area contributed by atoms with E-state index in [0.717, 1.165) is 27.5 Å². The highest BCUT2D eigenvalue weighted by molar-refractivity contribution is 6.04. The van der Waals surface area contributed by atoms with Crippen molar-refractivity contribution in [2.45, 2.75) is 6.92 Å². The van der Waals surface area contributed by atoms with Crippen LogP contribution in [0.25, 0.3) is 33.3 Å². The number of nitrogens with one attached hydrogen (secondary N) is 1. The zero-order chi connectivity index (χ0) is 16.7. The number of H-pyrrole nitrogens is 1.